The maximum absolute atomic E-state index is 13.3. The molecule has 5 atom stereocenters. The van der Waals surface area contributed by atoms with E-state index in [0.717, 1.165) is 28.9 Å². The minimum absolute atomic E-state index is 0.134. The van der Waals surface area contributed by atoms with Gasteiger partial charge in [-0.25, -0.2) is 4.39 Å². The van der Waals surface area contributed by atoms with Crippen LogP contribution in [0.4, 0.5) is 4.39 Å². The molecule has 2 aromatic rings. The second-order valence-electron chi connectivity index (χ2n) is 8.68. The van der Waals surface area contributed by atoms with Gasteiger partial charge >= 0.3 is 0 Å². The fourth-order valence-electron chi connectivity index (χ4n) is 4.33. The van der Waals surface area contributed by atoms with Crippen LogP contribution >= 0.6 is 11.3 Å². The predicted molar refractivity (Wildman–Crippen MR) is 123 cm³/mol. The zero-order chi connectivity index (χ0) is 22.1. The summed E-state index contributed by atoms with van der Waals surface area (Å²) in [5.41, 5.74) is 3.16. The lowest BCUT2D eigenvalue weighted by atomic mass is 9.81. The number of allylic oxidation sites excluding steroid dienone is 2. The summed E-state index contributed by atoms with van der Waals surface area (Å²) in [6, 6.07) is 8.79. The van der Waals surface area contributed by atoms with Gasteiger partial charge in [-0.2, -0.15) is 0 Å². The molecule has 0 radical (unpaired) electrons. The molecule has 1 aromatic carbocycles. The van der Waals surface area contributed by atoms with E-state index in [1.54, 1.807) is 11.3 Å². The standard InChI is InChI=1S/C26H29FO3S/c1-4-21-14-22(28)25(29)26(30-21)18-6-5-15(2)19(12-18)13-23-16(3)11-24(31-23)17-7-9-20(27)10-8-17/h5-12,15,19,21,25-26,29H,4,13-14H2,1-3H3/t15?,19?,21-,25-,26?/m1/s1. The van der Waals surface area contributed by atoms with Crippen molar-refractivity contribution in [2.24, 2.45) is 11.8 Å². The Kier molecular flexibility index (Phi) is 6.56. The van der Waals surface area contributed by atoms with Gasteiger partial charge in [0, 0.05) is 16.2 Å². The summed E-state index contributed by atoms with van der Waals surface area (Å²) >= 11 is 1.75. The second-order valence-corrected chi connectivity index (χ2v) is 9.82. The van der Waals surface area contributed by atoms with Crippen molar-refractivity contribution >= 4 is 17.1 Å². The van der Waals surface area contributed by atoms with E-state index in [2.05, 4.69) is 32.1 Å². The molecule has 1 aliphatic carbocycles. The van der Waals surface area contributed by atoms with Gasteiger partial charge in [0.2, 0.25) is 0 Å². The minimum Gasteiger partial charge on any atom is -0.382 e. The van der Waals surface area contributed by atoms with Crippen LogP contribution in [0, 0.1) is 24.6 Å². The molecule has 3 unspecified atom stereocenters. The van der Waals surface area contributed by atoms with Crippen LogP contribution in [0.25, 0.3) is 10.4 Å². The summed E-state index contributed by atoms with van der Waals surface area (Å²) in [6.07, 6.45) is 6.44. The lowest BCUT2D eigenvalue weighted by Gasteiger charge is -2.35. The first-order valence-electron chi connectivity index (χ1n) is 11.0. The number of hydrogen-bond acceptors (Lipinski definition) is 4. The largest absolute Gasteiger partial charge is 0.382 e. The van der Waals surface area contributed by atoms with Gasteiger partial charge in [-0.1, -0.05) is 44.2 Å². The van der Waals surface area contributed by atoms with Crippen molar-refractivity contribution in [3.63, 3.8) is 0 Å². The molecule has 0 amide bonds. The summed E-state index contributed by atoms with van der Waals surface area (Å²) in [5, 5.41) is 10.5. The van der Waals surface area contributed by atoms with E-state index in [-0.39, 0.29) is 30.0 Å². The number of aliphatic hydroxyl groups excluding tert-OH is 1. The van der Waals surface area contributed by atoms with Crippen LogP contribution in [0.2, 0.25) is 0 Å². The summed E-state index contributed by atoms with van der Waals surface area (Å²) < 4.78 is 19.3. The monoisotopic (exact) mass is 440 g/mol. The number of aliphatic hydroxyl groups is 1. The molecular formula is C26H29FO3S. The predicted octanol–water partition coefficient (Wildman–Crippen LogP) is 5.65. The van der Waals surface area contributed by atoms with Crippen LogP contribution in [0.3, 0.4) is 0 Å². The molecule has 1 saturated heterocycles. The van der Waals surface area contributed by atoms with E-state index in [0.29, 0.717) is 5.92 Å². The number of hydrogen-bond donors (Lipinski definition) is 1. The van der Waals surface area contributed by atoms with Gasteiger partial charge in [0.05, 0.1) is 6.10 Å². The lowest BCUT2D eigenvalue weighted by molar-refractivity contribution is -0.152. The number of carbonyl (C=O) groups excluding carboxylic acids is 1. The molecule has 2 aliphatic rings. The summed E-state index contributed by atoms with van der Waals surface area (Å²) in [7, 11) is 0. The Hall–Kier alpha value is -2.08. The van der Waals surface area contributed by atoms with E-state index in [9.17, 15) is 14.3 Å². The topological polar surface area (TPSA) is 46.5 Å². The second kappa shape index (κ2) is 9.19. The van der Waals surface area contributed by atoms with E-state index in [1.807, 2.05) is 25.1 Å². The van der Waals surface area contributed by atoms with Crippen molar-refractivity contribution in [3.05, 3.63) is 70.4 Å². The van der Waals surface area contributed by atoms with Gasteiger partial charge in [-0.05, 0) is 66.5 Å². The van der Waals surface area contributed by atoms with E-state index < -0.39 is 12.2 Å². The summed E-state index contributed by atoms with van der Waals surface area (Å²) in [4.78, 5) is 14.7. The van der Waals surface area contributed by atoms with Crippen LogP contribution in [0.1, 0.15) is 37.1 Å². The third-order valence-corrected chi connectivity index (χ3v) is 7.72. The van der Waals surface area contributed by atoms with Crippen molar-refractivity contribution in [3.8, 4) is 10.4 Å². The molecule has 5 heteroatoms. The van der Waals surface area contributed by atoms with Crippen LogP contribution in [-0.4, -0.2) is 29.2 Å². The Bertz CT molecular complexity index is 1000. The normalized spacial score (nSPS) is 28.6. The zero-order valence-corrected chi connectivity index (χ0v) is 19.0. The molecule has 3 nitrogen and oxygen atoms in total. The number of aryl methyl sites for hydroxylation is 1. The van der Waals surface area contributed by atoms with Gasteiger partial charge in [-0.3, -0.25) is 4.79 Å². The number of thiophene rings is 1. The molecule has 2 heterocycles. The van der Waals surface area contributed by atoms with Crippen LogP contribution < -0.4 is 0 Å². The highest BCUT2D eigenvalue weighted by molar-refractivity contribution is 7.15. The fourth-order valence-corrected chi connectivity index (χ4v) is 5.58. The fraction of sp³-hybridized carbons (Fsp3) is 0.423. The molecule has 1 aliphatic heterocycles. The number of Topliss-reactive ketones (excluding diaryl/α,β-unsaturated/α-hetero) is 1. The Morgan fingerprint density at radius 3 is 2.71 bits per heavy atom. The Morgan fingerprint density at radius 1 is 1.26 bits per heavy atom. The number of ketones is 1. The molecule has 4 rings (SSSR count). The number of ether oxygens (including phenoxy) is 1. The lowest BCUT2D eigenvalue weighted by Crippen LogP contribution is -2.46. The molecule has 1 N–H and O–H groups in total. The van der Waals surface area contributed by atoms with Gasteiger partial charge in [-0.15, -0.1) is 11.3 Å². The maximum atomic E-state index is 13.3. The molecule has 0 saturated carbocycles. The first-order chi connectivity index (χ1) is 14.9. The summed E-state index contributed by atoms with van der Waals surface area (Å²) in [6.45, 7) is 6.31. The van der Waals surface area contributed by atoms with Gasteiger partial charge in [0.15, 0.2) is 5.78 Å². The van der Waals surface area contributed by atoms with Crippen LogP contribution in [-0.2, 0) is 16.0 Å². The highest BCUT2D eigenvalue weighted by Gasteiger charge is 2.38. The average molecular weight is 441 g/mol. The Morgan fingerprint density at radius 2 is 2.00 bits per heavy atom. The number of carbonyl (C=O) groups is 1. The van der Waals surface area contributed by atoms with Gasteiger partial charge in [0.25, 0.3) is 0 Å². The third kappa shape index (κ3) is 4.74. The zero-order valence-electron chi connectivity index (χ0n) is 18.2. The third-order valence-electron chi connectivity index (χ3n) is 6.41. The van der Waals surface area contributed by atoms with Crippen LogP contribution in [0.15, 0.2) is 54.1 Å². The molecule has 1 fully saturated rings. The molecule has 0 bridgehead atoms. The average Bonchev–Trinajstić information content (AvgIpc) is 3.12. The minimum atomic E-state index is -1.10. The maximum Gasteiger partial charge on any atom is 0.166 e. The van der Waals surface area contributed by atoms with Gasteiger partial charge in [0.1, 0.15) is 18.0 Å². The molecule has 0 spiro atoms. The van der Waals surface area contributed by atoms with E-state index >= 15 is 0 Å². The van der Waals surface area contributed by atoms with Crippen molar-refractivity contribution in [2.75, 3.05) is 0 Å². The number of rotatable bonds is 5. The van der Waals surface area contributed by atoms with Crippen molar-refractivity contribution in [1.29, 1.82) is 0 Å². The first kappa shape index (κ1) is 22.1. The molecule has 1 aromatic heterocycles. The molecular weight excluding hydrogens is 411 g/mol. The first-order valence-corrected chi connectivity index (χ1v) is 11.8. The van der Waals surface area contributed by atoms with E-state index in [4.69, 9.17) is 4.74 Å². The van der Waals surface area contributed by atoms with Crippen molar-refractivity contribution < 1.29 is 19.0 Å². The smallest absolute Gasteiger partial charge is 0.166 e. The number of halogens is 1. The molecule has 164 valence electrons. The van der Waals surface area contributed by atoms with Crippen molar-refractivity contribution in [2.45, 2.75) is 58.3 Å². The van der Waals surface area contributed by atoms with Crippen LogP contribution in [0.5, 0.6) is 0 Å². The van der Waals surface area contributed by atoms with E-state index in [1.165, 1.54) is 22.6 Å². The summed E-state index contributed by atoms with van der Waals surface area (Å²) in [5.74, 6) is 0.239. The van der Waals surface area contributed by atoms with Crippen molar-refractivity contribution in [1.82, 2.24) is 0 Å². The highest BCUT2D eigenvalue weighted by atomic mass is 32.1. The molecule has 31 heavy (non-hydrogen) atoms. The quantitative estimate of drug-likeness (QED) is 0.653. The Labute approximate surface area is 187 Å². The number of benzene rings is 1. The van der Waals surface area contributed by atoms with Gasteiger partial charge < -0.3 is 9.84 Å². The Balaban J connectivity index is 1.55. The highest BCUT2D eigenvalue weighted by Crippen LogP contribution is 2.37. The SMILES string of the molecule is CC[C@@H]1CC(=O)[C@@H](O)C(C2=CC(Cc3sc(-c4ccc(F)cc4)cc3C)C(C)C=C2)O1.